The average Bonchev–Trinajstić information content (AvgIpc) is 2.84. The van der Waals surface area contributed by atoms with Gasteiger partial charge >= 0.3 is 0 Å². The average molecular weight is 312 g/mol. The van der Waals surface area contributed by atoms with E-state index in [1.165, 1.54) is 25.7 Å². The molecule has 1 aliphatic heterocycles. The highest BCUT2D eigenvalue weighted by atomic mass is 79.9. The van der Waals surface area contributed by atoms with Crippen LogP contribution in [-0.2, 0) is 0 Å². The van der Waals surface area contributed by atoms with Crippen molar-refractivity contribution in [2.75, 3.05) is 6.54 Å². The molecule has 0 radical (unpaired) electrons. The number of hydrogen-bond acceptors (Lipinski definition) is 2. The second kappa shape index (κ2) is 5.08. The Labute approximate surface area is 116 Å². The Balaban J connectivity index is 1.79. The van der Waals surface area contributed by atoms with Gasteiger partial charge in [-0.25, -0.2) is 0 Å². The Morgan fingerprint density at radius 1 is 1.22 bits per heavy atom. The number of rotatable bonds is 1. The van der Waals surface area contributed by atoms with E-state index in [0.717, 1.165) is 25.3 Å². The second-order valence-electron chi connectivity index (χ2n) is 5.36. The van der Waals surface area contributed by atoms with Crippen LogP contribution in [0.25, 0.3) is 0 Å². The first-order chi connectivity index (χ1) is 8.75. The summed E-state index contributed by atoms with van der Waals surface area (Å²) < 4.78 is 6.03. The molecule has 2 heterocycles. The minimum atomic E-state index is 0.0669. The Hall–Kier alpha value is -0.770. The molecule has 0 N–H and O–H groups in total. The van der Waals surface area contributed by atoms with Gasteiger partial charge in [-0.1, -0.05) is 12.8 Å². The highest BCUT2D eigenvalue weighted by Crippen LogP contribution is 2.36. The summed E-state index contributed by atoms with van der Waals surface area (Å²) in [6, 6.07) is 4.00. The van der Waals surface area contributed by atoms with Gasteiger partial charge in [-0.05, 0) is 59.7 Å². The summed E-state index contributed by atoms with van der Waals surface area (Å²) in [6.45, 7) is 0.887. The van der Waals surface area contributed by atoms with Gasteiger partial charge < -0.3 is 9.32 Å². The van der Waals surface area contributed by atoms with Crippen molar-refractivity contribution in [3.63, 3.8) is 0 Å². The topological polar surface area (TPSA) is 33.5 Å². The second-order valence-corrected chi connectivity index (χ2v) is 6.14. The van der Waals surface area contributed by atoms with Gasteiger partial charge in [-0.2, -0.15) is 0 Å². The first-order valence-electron chi connectivity index (χ1n) is 6.82. The van der Waals surface area contributed by atoms with Gasteiger partial charge in [0.05, 0.1) is 0 Å². The summed E-state index contributed by atoms with van der Waals surface area (Å²) in [5.41, 5.74) is 0. The van der Waals surface area contributed by atoms with Crippen molar-refractivity contribution in [2.24, 2.45) is 5.92 Å². The lowest BCUT2D eigenvalue weighted by Crippen LogP contribution is -2.49. The zero-order chi connectivity index (χ0) is 12.5. The molecule has 2 unspecified atom stereocenters. The molecule has 1 saturated heterocycles. The number of amides is 1. The number of halogens is 1. The Bertz CT molecular complexity index is 441. The van der Waals surface area contributed by atoms with Crippen molar-refractivity contribution >= 4 is 21.8 Å². The molecule has 0 bridgehead atoms. The summed E-state index contributed by atoms with van der Waals surface area (Å²) in [5.74, 6) is 1.25. The normalized spacial score (nSPS) is 27.9. The van der Waals surface area contributed by atoms with E-state index < -0.39 is 0 Å². The van der Waals surface area contributed by atoms with E-state index in [2.05, 4.69) is 20.8 Å². The monoisotopic (exact) mass is 311 g/mol. The van der Waals surface area contributed by atoms with Gasteiger partial charge in [-0.15, -0.1) is 0 Å². The van der Waals surface area contributed by atoms with Crippen LogP contribution in [0.15, 0.2) is 21.2 Å². The highest BCUT2D eigenvalue weighted by molar-refractivity contribution is 9.10. The van der Waals surface area contributed by atoms with Crippen LogP contribution >= 0.6 is 15.9 Å². The third kappa shape index (κ3) is 2.22. The molecular weight excluding hydrogens is 294 g/mol. The molecule has 0 aromatic carbocycles. The number of hydrogen-bond donors (Lipinski definition) is 0. The van der Waals surface area contributed by atoms with E-state index in [1.807, 2.05) is 0 Å². The molecule has 1 aromatic rings. The number of furan rings is 1. The SMILES string of the molecule is O=C(c1ccc(Br)o1)N1CCCC2CCCCC21. The summed E-state index contributed by atoms with van der Waals surface area (Å²) >= 11 is 3.26. The van der Waals surface area contributed by atoms with Gasteiger partial charge in [0.1, 0.15) is 0 Å². The molecule has 0 spiro atoms. The van der Waals surface area contributed by atoms with Gasteiger partial charge in [0, 0.05) is 12.6 Å². The van der Waals surface area contributed by atoms with Crippen LogP contribution in [-0.4, -0.2) is 23.4 Å². The molecule has 3 rings (SSSR count). The minimum Gasteiger partial charge on any atom is -0.444 e. The largest absolute Gasteiger partial charge is 0.444 e. The summed E-state index contributed by atoms with van der Waals surface area (Å²) in [7, 11) is 0. The minimum absolute atomic E-state index is 0.0669. The number of piperidine rings is 1. The van der Waals surface area contributed by atoms with E-state index in [0.29, 0.717) is 16.5 Å². The number of carbonyl (C=O) groups excluding carboxylic acids is 1. The van der Waals surface area contributed by atoms with Crippen molar-refractivity contribution in [2.45, 2.75) is 44.6 Å². The first kappa shape index (κ1) is 12.3. The van der Waals surface area contributed by atoms with Crippen LogP contribution in [0.3, 0.4) is 0 Å². The molecule has 18 heavy (non-hydrogen) atoms. The number of carbonyl (C=O) groups is 1. The van der Waals surface area contributed by atoms with Crippen LogP contribution in [0.1, 0.15) is 49.1 Å². The lowest BCUT2D eigenvalue weighted by atomic mass is 9.78. The molecule has 1 aliphatic carbocycles. The fourth-order valence-corrected chi connectivity index (χ4v) is 3.75. The lowest BCUT2D eigenvalue weighted by Gasteiger charge is -2.43. The van der Waals surface area contributed by atoms with Crippen molar-refractivity contribution < 1.29 is 9.21 Å². The molecule has 2 fully saturated rings. The third-order valence-corrected chi connectivity index (χ3v) is 4.71. The van der Waals surface area contributed by atoms with E-state index in [9.17, 15) is 4.79 Å². The highest BCUT2D eigenvalue weighted by Gasteiger charge is 2.36. The van der Waals surface area contributed by atoms with Crippen molar-refractivity contribution in [1.29, 1.82) is 0 Å². The van der Waals surface area contributed by atoms with Crippen LogP contribution < -0.4 is 0 Å². The number of fused-ring (bicyclic) bond motifs is 1. The Morgan fingerprint density at radius 2 is 2.00 bits per heavy atom. The maximum Gasteiger partial charge on any atom is 0.289 e. The number of nitrogens with zero attached hydrogens (tertiary/aromatic N) is 1. The molecule has 1 saturated carbocycles. The fourth-order valence-electron chi connectivity index (χ4n) is 3.45. The van der Waals surface area contributed by atoms with Crippen LogP contribution in [0.5, 0.6) is 0 Å². The molecule has 2 atom stereocenters. The predicted molar refractivity (Wildman–Crippen MR) is 72.4 cm³/mol. The fraction of sp³-hybridized carbons (Fsp3) is 0.643. The lowest BCUT2D eigenvalue weighted by molar-refractivity contribution is 0.0361. The van der Waals surface area contributed by atoms with Crippen molar-refractivity contribution in [1.82, 2.24) is 4.90 Å². The smallest absolute Gasteiger partial charge is 0.289 e. The van der Waals surface area contributed by atoms with E-state index in [1.54, 1.807) is 12.1 Å². The van der Waals surface area contributed by atoms with Gasteiger partial charge in [0.15, 0.2) is 10.4 Å². The molecule has 3 nitrogen and oxygen atoms in total. The van der Waals surface area contributed by atoms with Crippen LogP contribution in [0.2, 0.25) is 0 Å². The summed E-state index contributed by atoms with van der Waals surface area (Å²) in [5, 5.41) is 0. The molecule has 1 aromatic heterocycles. The van der Waals surface area contributed by atoms with E-state index in [4.69, 9.17) is 4.42 Å². The Morgan fingerprint density at radius 3 is 2.78 bits per heavy atom. The van der Waals surface area contributed by atoms with Crippen LogP contribution in [0.4, 0.5) is 0 Å². The zero-order valence-corrected chi connectivity index (χ0v) is 12.0. The van der Waals surface area contributed by atoms with Crippen LogP contribution in [0, 0.1) is 5.92 Å². The Kier molecular flexibility index (Phi) is 3.46. The molecular formula is C14H18BrNO2. The maximum absolute atomic E-state index is 12.5. The maximum atomic E-state index is 12.5. The van der Waals surface area contributed by atoms with E-state index >= 15 is 0 Å². The summed E-state index contributed by atoms with van der Waals surface area (Å²) in [4.78, 5) is 14.5. The third-order valence-electron chi connectivity index (χ3n) is 4.29. The number of likely N-dealkylation sites (tertiary alicyclic amines) is 1. The molecule has 98 valence electrons. The molecule has 4 heteroatoms. The van der Waals surface area contributed by atoms with Crippen molar-refractivity contribution in [3.8, 4) is 0 Å². The predicted octanol–water partition coefficient (Wildman–Crippen LogP) is 3.84. The first-order valence-corrected chi connectivity index (χ1v) is 7.61. The van der Waals surface area contributed by atoms with Gasteiger partial charge in [0.25, 0.3) is 5.91 Å². The molecule has 2 aliphatic rings. The van der Waals surface area contributed by atoms with E-state index in [-0.39, 0.29) is 5.91 Å². The van der Waals surface area contributed by atoms with Gasteiger partial charge in [-0.3, -0.25) is 4.79 Å². The van der Waals surface area contributed by atoms with Crippen molar-refractivity contribution in [3.05, 3.63) is 22.6 Å². The summed E-state index contributed by atoms with van der Waals surface area (Å²) in [6.07, 6.45) is 7.46. The quantitative estimate of drug-likeness (QED) is 0.789. The zero-order valence-electron chi connectivity index (χ0n) is 10.4. The van der Waals surface area contributed by atoms with Gasteiger partial charge in [0.2, 0.25) is 0 Å². The standard InChI is InChI=1S/C14H18BrNO2/c15-13-8-7-12(18-13)14(17)16-9-3-5-10-4-1-2-6-11(10)16/h7-8,10-11H,1-6,9H2. The molecule has 1 amide bonds.